The van der Waals surface area contributed by atoms with E-state index in [-0.39, 0.29) is 53.5 Å². The van der Waals surface area contributed by atoms with Crippen LogP contribution in [0.4, 0.5) is 0 Å². The van der Waals surface area contributed by atoms with Gasteiger partial charge < -0.3 is 36.2 Å². The number of aryl methyl sites for hydroxylation is 1. The highest BCUT2D eigenvalue weighted by molar-refractivity contribution is 5.96. The molecule has 4 aromatic rings. The number of carboxylic acids is 1. The molecule has 1 aliphatic heterocycles. The van der Waals surface area contributed by atoms with Crippen LogP contribution in [-0.2, 0) is 32.0 Å². The number of hydrogen-bond donors (Lipinski definition) is 6. The van der Waals surface area contributed by atoms with Crippen molar-refractivity contribution in [2.24, 2.45) is 0 Å². The molecular formula is C41H44N4O8. The number of carbonyl (C=O) groups excluding carboxylic acids is 4. The predicted molar refractivity (Wildman–Crippen MR) is 199 cm³/mol. The summed E-state index contributed by atoms with van der Waals surface area (Å²) in [6.07, 6.45) is 3.01. The van der Waals surface area contributed by atoms with Crippen molar-refractivity contribution >= 4 is 29.6 Å². The molecule has 0 unspecified atom stereocenters. The Hall–Kier alpha value is -6.17. The van der Waals surface area contributed by atoms with Gasteiger partial charge in [0.2, 0.25) is 17.7 Å². The number of carbonyl (C=O) groups is 5. The van der Waals surface area contributed by atoms with Gasteiger partial charge in [0, 0.05) is 43.1 Å². The third kappa shape index (κ3) is 9.20. The van der Waals surface area contributed by atoms with Crippen molar-refractivity contribution in [2.45, 2.75) is 64.1 Å². The molecule has 276 valence electrons. The van der Waals surface area contributed by atoms with Gasteiger partial charge in [-0.05, 0) is 84.0 Å². The van der Waals surface area contributed by atoms with Crippen molar-refractivity contribution in [3.63, 3.8) is 0 Å². The topological polar surface area (TPSA) is 185 Å². The van der Waals surface area contributed by atoms with Gasteiger partial charge in [-0.15, -0.1) is 0 Å². The lowest BCUT2D eigenvalue weighted by Gasteiger charge is -2.30. The average Bonchev–Trinajstić information content (AvgIpc) is 3.14. The number of unbranched alkanes of at least 4 members (excludes halogenated alkanes) is 1. The minimum atomic E-state index is -1.36. The number of phenolic OH excluding ortho intramolecular Hbond substituents is 2. The summed E-state index contributed by atoms with van der Waals surface area (Å²) in [6, 6.07) is 20.3. The first-order chi connectivity index (χ1) is 25.4. The second-order valence-electron chi connectivity index (χ2n) is 13.3. The molecule has 3 atom stereocenters. The zero-order valence-electron chi connectivity index (χ0n) is 29.9. The number of benzene rings is 4. The molecule has 0 aromatic heterocycles. The molecular weight excluding hydrogens is 676 g/mol. The Bertz CT molecular complexity index is 1990. The molecule has 4 aromatic carbocycles. The van der Waals surface area contributed by atoms with E-state index in [0.717, 1.165) is 30.4 Å². The fourth-order valence-corrected chi connectivity index (χ4v) is 6.27. The molecule has 4 bridgehead atoms. The van der Waals surface area contributed by atoms with Crippen LogP contribution in [0, 0.1) is 0 Å². The van der Waals surface area contributed by atoms with Gasteiger partial charge in [-0.3, -0.25) is 19.2 Å². The molecule has 0 aliphatic carbocycles. The minimum Gasteiger partial charge on any atom is -0.507 e. The van der Waals surface area contributed by atoms with Crippen LogP contribution >= 0.6 is 0 Å². The quantitative estimate of drug-likeness (QED) is 0.136. The van der Waals surface area contributed by atoms with Crippen molar-refractivity contribution < 1.29 is 39.3 Å². The number of hydrogen-bond acceptors (Lipinski definition) is 7. The van der Waals surface area contributed by atoms with E-state index >= 15 is 0 Å². The minimum absolute atomic E-state index is 0.0335. The molecule has 0 saturated heterocycles. The second kappa shape index (κ2) is 16.9. The molecule has 0 spiro atoms. The van der Waals surface area contributed by atoms with Gasteiger partial charge in [-0.1, -0.05) is 61.9 Å². The number of aliphatic carboxylic acids is 1. The zero-order valence-corrected chi connectivity index (χ0v) is 29.9. The van der Waals surface area contributed by atoms with Crippen LogP contribution in [0.15, 0.2) is 84.9 Å². The van der Waals surface area contributed by atoms with Gasteiger partial charge in [-0.25, -0.2) is 4.79 Å². The Kier molecular flexibility index (Phi) is 12.1. The molecule has 0 saturated carbocycles. The molecule has 1 aliphatic rings. The van der Waals surface area contributed by atoms with E-state index in [1.54, 1.807) is 12.1 Å². The number of nitrogens with one attached hydrogen (secondary N) is 3. The van der Waals surface area contributed by atoms with Crippen molar-refractivity contribution in [3.8, 4) is 33.8 Å². The van der Waals surface area contributed by atoms with Crippen LogP contribution in [0.25, 0.3) is 22.3 Å². The van der Waals surface area contributed by atoms with Crippen LogP contribution < -0.4 is 16.0 Å². The number of amides is 4. The van der Waals surface area contributed by atoms with Crippen molar-refractivity contribution in [2.75, 3.05) is 13.6 Å². The Morgan fingerprint density at radius 1 is 0.830 bits per heavy atom. The fourth-order valence-electron chi connectivity index (χ4n) is 6.27. The summed E-state index contributed by atoms with van der Waals surface area (Å²) in [4.78, 5) is 66.6. The number of aromatic hydroxyl groups is 2. The largest absolute Gasteiger partial charge is 0.507 e. The molecule has 0 radical (unpaired) electrons. The molecule has 6 N–H and O–H groups in total. The third-order valence-electron chi connectivity index (χ3n) is 9.40. The molecule has 0 fully saturated rings. The van der Waals surface area contributed by atoms with Gasteiger partial charge in [0.15, 0.2) is 0 Å². The molecule has 12 heteroatoms. The summed E-state index contributed by atoms with van der Waals surface area (Å²) in [5.74, 6) is -4.13. The number of fused-ring (bicyclic) bond motifs is 5. The summed E-state index contributed by atoms with van der Waals surface area (Å²) in [6.45, 7) is 3.52. The highest BCUT2D eigenvalue weighted by Gasteiger charge is 2.33. The van der Waals surface area contributed by atoms with Crippen LogP contribution in [0.1, 0.15) is 66.2 Å². The highest BCUT2D eigenvalue weighted by Crippen LogP contribution is 2.38. The van der Waals surface area contributed by atoms with E-state index in [0.29, 0.717) is 11.1 Å². The van der Waals surface area contributed by atoms with Gasteiger partial charge in [0.05, 0.1) is 0 Å². The first kappa shape index (κ1) is 38.1. The maximum absolute atomic E-state index is 13.8. The lowest BCUT2D eigenvalue weighted by atomic mass is 9.94. The molecule has 12 nitrogen and oxygen atoms in total. The average molecular weight is 721 g/mol. The molecule has 1 heterocycles. The number of nitrogens with zero attached hydrogens (tertiary/aromatic N) is 1. The SMILES string of the molecule is CCCCc1ccc(-c2ccc(C(=O)NCCC(=O)N(C)[C@@H]3C(=O)N[C@@H](C)C(=O)N[C@H](C(=O)O)Cc4ccc(O)c(c4)-c4cc3ccc4O)cc2)cc1. The summed E-state index contributed by atoms with van der Waals surface area (Å²) >= 11 is 0. The number of phenols is 2. The second-order valence-corrected chi connectivity index (χ2v) is 13.3. The van der Waals surface area contributed by atoms with Crippen LogP contribution in [-0.4, -0.2) is 75.5 Å². The van der Waals surface area contributed by atoms with Gasteiger partial charge >= 0.3 is 5.97 Å². The maximum atomic E-state index is 13.8. The summed E-state index contributed by atoms with van der Waals surface area (Å²) in [7, 11) is 1.41. The first-order valence-corrected chi connectivity index (χ1v) is 17.6. The standard InChI is InChI=1S/C41H44N4O8/c1-4-5-6-25-7-10-27(11-8-25)28-12-14-29(15-13-28)39(50)42-20-19-36(48)45(3)37-30-16-18-35(47)32(23-30)31-21-26(9-17-34(31)46)22-33(41(52)53)44-38(49)24(2)43-40(37)51/h7-18,21,23-24,33,37,46-47H,4-6,19-20,22H2,1-3H3,(H,42,50)(H,43,51)(H,44,49)(H,52,53)/t24-,33-,37-/m0/s1. The zero-order chi connectivity index (χ0) is 38.2. The summed E-state index contributed by atoms with van der Waals surface area (Å²) < 4.78 is 0. The lowest BCUT2D eigenvalue weighted by molar-refractivity contribution is -0.143. The van der Waals surface area contributed by atoms with E-state index in [9.17, 15) is 39.3 Å². The first-order valence-electron chi connectivity index (χ1n) is 17.6. The number of carboxylic acid groups (broad SMARTS) is 1. The van der Waals surface area contributed by atoms with Crippen LogP contribution in [0.2, 0.25) is 0 Å². The van der Waals surface area contributed by atoms with Gasteiger partial charge in [-0.2, -0.15) is 0 Å². The third-order valence-corrected chi connectivity index (χ3v) is 9.40. The number of likely N-dealkylation sites (N-methyl/N-ethyl adjacent to an activating group) is 1. The molecule has 4 amide bonds. The van der Waals surface area contributed by atoms with E-state index in [2.05, 4.69) is 47.1 Å². The fraction of sp³-hybridized carbons (Fsp3) is 0.293. The van der Waals surface area contributed by atoms with Crippen molar-refractivity contribution in [3.05, 3.63) is 107 Å². The highest BCUT2D eigenvalue weighted by atomic mass is 16.4. The molecule has 5 rings (SSSR count). The summed E-state index contributed by atoms with van der Waals surface area (Å²) in [5, 5.41) is 39.1. The Morgan fingerprint density at radius 2 is 1.45 bits per heavy atom. The molecule has 53 heavy (non-hydrogen) atoms. The van der Waals surface area contributed by atoms with E-state index in [4.69, 9.17) is 0 Å². The van der Waals surface area contributed by atoms with Crippen LogP contribution in [0.3, 0.4) is 0 Å². The predicted octanol–water partition coefficient (Wildman–Crippen LogP) is 4.72. The van der Waals surface area contributed by atoms with E-state index in [1.165, 1.54) is 60.8 Å². The Balaban J connectivity index is 1.32. The van der Waals surface area contributed by atoms with Gasteiger partial charge in [0.25, 0.3) is 5.91 Å². The van der Waals surface area contributed by atoms with E-state index in [1.807, 2.05) is 12.1 Å². The van der Waals surface area contributed by atoms with Crippen LogP contribution in [0.5, 0.6) is 11.5 Å². The smallest absolute Gasteiger partial charge is 0.326 e. The van der Waals surface area contributed by atoms with Crippen molar-refractivity contribution in [1.82, 2.24) is 20.9 Å². The van der Waals surface area contributed by atoms with Gasteiger partial charge in [0.1, 0.15) is 29.6 Å². The normalized spacial score (nSPS) is 17.2. The lowest BCUT2D eigenvalue weighted by Crippen LogP contribution is -2.53. The summed E-state index contributed by atoms with van der Waals surface area (Å²) in [5.41, 5.74) is 4.73. The van der Waals surface area contributed by atoms with Crippen molar-refractivity contribution in [1.29, 1.82) is 0 Å². The number of rotatable bonds is 10. The maximum Gasteiger partial charge on any atom is 0.326 e. The Morgan fingerprint density at radius 3 is 2.09 bits per heavy atom. The van der Waals surface area contributed by atoms with E-state index < -0.39 is 41.8 Å². The monoisotopic (exact) mass is 720 g/mol. The Labute approximate surface area is 307 Å².